The minimum absolute atomic E-state index is 0.151. The van der Waals surface area contributed by atoms with E-state index in [0.29, 0.717) is 6.79 Å². The van der Waals surface area contributed by atoms with E-state index in [4.69, 9.17) is 14.2 Å². The standard InChI is InChI=1S/C16H25NO4/c1-19-12-21-16-9-14(11-18)17(10-16)8-7-13-3-5-15(20-2)6-4-13/h3-6,14,16,18H,7-12H2,1-2H3. The predicted molar refractivity (Wildman–Crippen MR) is 80.5 cm³/mol. The first-order valence-electron chi connectivity index (χ1n) is 7.35. The van der Waals surface area contributed by atoms with E-state index >= 15 is 0 Å². The summed E-state index contributed by atoms with van der Waals surface area (Å²) in [6.07, 6.45) is 1.97. The van der Waals surface area contributed by atoms with Crippen molar-refractivity contribution in [1.29, 1.82) is 0 Å². The fraction of sp³-hybridized carbons (Fsp3) is 0.625. The second kappa shape index (κ2) is 8.34. The third kappa shape index (κ3) is 4.68. The van der Waals surface area contributed by atoms with Crippen LogP contribution in [0, 0.1) is 0 Å². The Morgan fingerprint density at radius 2 is 2.00 bits per heavy atom. The van der Waals surface area contributed by atoms with E-state index in [1.165, 1.54) is 5.56 Å². The van der Waals surface area contributed by atoms with Crippen LogP contribution in [0.3, 0.4) is 0 Å². The summed E-state index contributed by atoms with van der Waals surface area (Å²) in [6, 6.07) is 8.31. The molecule has 2 rings (SSSR count). The number of hydrogen-bond donors (Lipinski definition) is 1. The second-order valence-electron chi connectivity index (χ2n) is 5.36. The Morgan fingerprint density at radius 1 is 1.24 bits per heavy atom. The average Bonchev–Trinajstić information content (AvgIpc) is 2.93. The van der Waals surface area contributed by atoms with Gasteiger partial charge in [-0.25, -0.2) is 0 Å². The van der Waals surface area contributed by atoms with Gasteiger partial charge in [0, 0.05) is 26.2 Å². The summed E-state index contributed by atoms with van der Waals surface area (Å²) in [4.78, 5) is 2.30. The zero-order chi connectivity index (χ0) is 15.1. The van der Waals surface area contributed by atoms with Crippen LogP contribution in [0.25, 0.3) is 0 Å². The maximum Gasteiger partial charge on any atom is 0.146 e. The molecule has 0 bridgehead atoms. The van der Waals surface area contributed by atoms with E-state index in [1.807, 2.05) is 12.1 Å². The number of aliphatic hydroxyl groups excluding tert-OH is 1. The minimum atomic E-state index is 0.151. The Balaban J connectivity index is 1.82. The third-order valence-electron chi connectivity index (χ3n) is 3.97. The number of benzene rings is 1. The lowest BCUT2D eigenvalue weighted by atomic mass is 10.1. The molecule has 0 saturated carbocycles. The summed E-state index contributed by atoms with van der Waals surface area (Å²) in [5.74, 6) is 0.876. The highest BCUT2D eigenvalue weighted by atomic mass is 16.7. The van der Waals surface area contributed by atoms with Crippen molar-refractivity contribution in [2.24, 2.45) is 0 Å². The van der Waals surface area contributed by atoms with E-state index in [0.717, 1.165) is 31.7 Å². The highest BCUT2D eigenvalue weighted by Crippen LogP contribution is 2.21. The van der Waals surface area contributed by atoms with E-state index < -0.39 is 0 Å². The molecule has 5 heteroatoms. The predicted octanol–water partition coefficient (Wildman–Crippen LogP) is 1.29. The minimum Gasteiger partial charge on any atom is -0.497 e. The normalized spacial score (nSPS) is 22.6. The maximum atomic E-state index is 9.50. The smallest absolute Gasteiger partial charge is 0.146 e. The fourth-order valence-electron chi connectivity index (χ4n) is 2.75. The molecule has 1 saturated heterocycles. The Hall–Kier alpha value is -1.14. The molecule has 5 nitrogen and oxygen atoms in total. The molecule has 1 heterocycles. The first kappa shape index (κ1) is 16.2. The lowest BCUT2D eigenvalue weighted by Gasteiger charge is -2.22. The van der Waals surface area contributed by atoms with Crippen LogP contribution in [-0.2, 0) is 15.9 Å². The molecule has 21 heavy (non-hydrogen) atoms. The lowest BCUT2D eigenvalue weighted by Crippen LogP contribution is -2.34. The van der Waals surface area contributed by atoms with Crippen molar-refractivity contribution in [1.82, 2.24) is 4.90 Å². The highest BCUT2D eigenvalue weighted by Gasteiger charge is 2.31. The van der Waals surface area contributed by atoms with Crippen LogP contribution >= 0.6 is 0 Å². The van der Waals surface area contributed by atoms with Gasteiger partial charge < -0.3 is 19.3 Å². The maximum absolute atomic E-state index is 9.50. The molecule has 1 aliphatic heterocycles. The van der Waals surface area contributed by atoms with Gasteiger partial charge in [0.25, 0.3) is 0 Å². The van der Waals surface area contributed by atoms with Crippen LogP contribution in [0.5, 0.6) is 5.75 Å². The Labute approximate surface area is 126 Å². The van der Waals surface area contributed by atoms with Crippen LogP contribution in [0.15, 0.2) is 24.3 Å². The van der Waals surface area contributed by atoms with Gasteiger partial charge in [0.05, 0.1) is 19.8 Å². The van der Waals surface area contributed by atoms with Crippen molar-refractivity contribution < 1.29 is 19.3 Å². The average molecular weight is 295 g/mol. The van der Waals surface area contributed by atoms with E-state index in [1.54, 1.807) is 14.2 Å². The molecule has 118 valence electrons. The molecule has 0 spiro atoms. The molecule has 0 aliphatic carbocycles. The summed E-state index contributed by atoms with van der Waals surface area (Å²) in [6.45, 7) is 2.26. The molecular formula is C16H25NO4. The van der Waals surface area contributed by atoms with Gasteiger partial charge in [0.1, 0.15) is 12.5 Å². The molecule has 1 aliphatic rings. The third-order valence-corrected chi connectivity index (χ3v) is 3.97. The SMILES string of the molecule is COCOC1CC(CO)N(CCc2ccc(OC)cc2)C1. The fourth-order valence-corrected chi connectivity index (χ4v) is 2.75. The quantitative estimate of drug-likeness (QED) is 0.733. The molecular weight excluding hydrogens is 270 g/mol. The van der Waals surface area contributed by atoms with Crippen molar-refractivity contribution in [3.8, 4) is 5.75 Å². The number of likely N-dealkylation sites (tertiary alicyclic amines) is 1. The zero-order valence-electron chi connectivity index (χ0n) is 12.8. The van der Waals surface area contributed by atoms with Crippen molar-refractivity contribution in [3.63, 3.8) is 0 Å². The highest BCUT2D eigenvalue weighted by molar-refractivity contribution is 5.27. The van der Waals surface area contributed by atoms with Crippen LogP contribution in [0.1, 0.15) is 12.0 Å². The number of hydrogen-bond acceptors (Lipinski definition) is 5. The van der Waals surface area contributed by atoms with Crippen molar-refractivity contribution in [2.75, 3.05) is 40.7 Å². The van der Waals surface area contributed by atoms with Gasteiger partial charge in [0.15, 0.2) is 0 Å². The molecule has 1 fully saturated rings. The van der Waals surface area contributed by atoms with Gasteiger partial charge in [-0.2, -0.15) is 0 Å². The van der Waals surface area contributed by atoms with Crippen LogP contribution in [0.4, 0.5) is 0 Å². The first-order chi connectivity index (χ1) is 10.3. The van der Waals surface area contributed by atoms with Gasteiger partial charge in [-0.3, -0.25) is 4.90 Å². The molecule has 0 aromatic heterocycles. The van der Waals surface area contributed by atoms with Gasteiger partial charge in [-0.05, 0) is 30.5 Å². The van der Waals surface area contributed by atoms with Gasteiger partial charge in [0.2, 0.25) is 0 Å². The summed E-state index contributed by atoms with van der Waals surface area (Å²) in [5, 5.41) is 9.50. The van der Waals surface area contributed by atoms with Gasteiger partial charge in [-0.1, -0.05) is 12.1 Å². The summed E-state index contributed by atoms with van der Waals surface area (Å²) in [7, 11) is 3.30. The van der Waals surface area contributed by atoms with Crippen molar-refractivity contribution in [2.45, 2.75) is 25.0 Å². The van der Waals surface area contributed by atoms with Crippen molar-refractivity contribution >= 4 is 0 Å². The summed E-state index contributed by atoms with van der Waals surface area (Å²) in [5.41, 5.74) is 1.27. The summed E-state index contributed by atoms with van der Waals surface area (Å²) < 4.78 is 15.7. The van der Waals surface area contributed by atoms with E-state index in [-0.39, 0.29) is 18.8 Å². The Bertz CT molecular complexity index is 409. The number of ether oxygens (including phenoxy) is 3. The van der Waals surface area contributed by atoms with Gasteiger partial charge in [-0.15, -0.1) is 0 Å². The second-order valence-corrected chi connectivity index (χ2v) is 5.36. The molecule has 1 aromatic carbocycles. The summed E-state index contributed by atoms with van der Waals surface area (Å²) >= 11 is 0. The molecule has 0 radical (unpaired) electrons. The zero-order valence-corrected chi connectivity index (χ0v) is 12.8. The van der Waals surface area contributed by atoms with Crippen LogP contribution in [0.2, 0.25) is 0 Å². The van der Waals surface area contributed by atoms with E-state index in [2.05, 4.69) is 17.0 Å². The number of rotatable bonds is 8. The van der Waals surface area contributed by atoms with Crippen LogP contribution in [-0.4, -0.2) is 62.9 Å². The van der Waals surface area contributed by atoms with Gasteiger partial charge >= 0.3 is 0 Å². The first-order valence-corrected chi connectivity index (χ1v) is 7.35. The number of nitrogens with zero attached hydrogens (tertiary/aromatic N) is 1. The largest absolute Gasteiger partial charge is 0.497 e. The molecule has 2 atom stereocenters. The van der Waals surface area contributed by atoms with E-state index in [9.17, 15) is 5.11 Å². The molecule has 1 aromatic rings. The molecule has 2 unspecified atom stereocenters. The number of methoxy groups -OCH3 is 2. The Morgan fingerprint density at radius 3 is 2.62 bits per heavy atom. The molecule has 0 amide bonds. The molecule has 1 N–H and O–H groups in total. The Kier molecular flexibility index (Phi) is 6.45. The topological polar surface area (TPSA) is 51.2 Å². The lowest BCUT2D eigenvalue weighted by molar-refractivity contribution is -0.0672. The van der Waals surface area contributed by atoms with Crippen LogP contribution < -0.4 is 4.74 Å². The number of aliphatic hydroxyl groups is 1. The monoisotopic (exact) mass is 295 g/mol. The van der Waals surface area contributed by atoms with Crippen molar-refractivity contribution in [3.05, 3.63) is 29.8 Å².